The van der Waals surface area contributed by atoms with E-state index in [9.17, 15) is 4.79 Å². The maximum absolute atomic E-state index is 11.9. The normalized spacial score (nSPS) is 10.5. The Balaban J connectivity index is 1.64. The molecule has 1 aromatic heterocycles. The summed E-state index contributed by atoms with van der Waals surface area (Å²) in [5.41, 5.74) is 2.69. The highest BCUT2D eigenvalue weighted by Gasteiger charge is 2.06. The maximum Gasteiger partial charge on any atom is 0.282 e. The van der Waals surface area contributed by atoms with Crippen molar-refractivity contribution < 1.29 is 4.74 Å². The van der Waals surface area contributed by atoms with Gasteiger partial charge in [-0.3, -0.25) is 4.79 Å². The lowest BCUT2D eigenvalue weighted by atomic mass is 10.1. The van der Waals surface area contributed by atoms with Crippen molar-refractivity contribution in [3.05, 3.63) is 86.7 Å². The zero-order valence-corrected chi connectivity index (χ0v) is 15.4. The van der Waals surface area contributed by atoms with Crippen LogP contribution in [0.2, 0.25) is 0 Å². The fourth-order valence-electron chi connectivity index (χ4n) is 2.34. The van der Waals surface area contributed by atoms with Crippen molar-refractivity contribution in [2.45, 2.75) is 13.2 Å². The van der Waals surface area contributed by atoms with Crippen LogP contribution in [0.25, 0.3) is 0 Å². The second kappa shape index (κ2) is 7.98. The molecule has 0 aliphatic carbocycles. The second-order valence-electron chi connectivity index (χ2n) is 5.58. The van der Waals surface area contributed by atoms with Crippen molar-refractivity contribution in [3.63, 3.8) is 0 Å². The van der Waals surface area contributed by atoms with Crippen molar-refractivity contribution in [3.8, 4) is 5.75 Å². The molecule has 2 aromatic carbocycles. The van der Waals surface area contributed by atoms with Gasteiger partial charge < -0.3 is 10.1 Å². The molecule has 0 unspecified atom stereocenters. The first kappa shape index (κ1) is 17.2. The number of aromatic nitrogens is 2. The summed E-state index contributed by atoms with van der Waals surface area (Å²) in [6.07, 6.45) is 1.63. The van der Waals surface area contributed by atoms with Gasteiger partial charge in [0, 0.05) is 13.6 Å². The average molecular weight is 400 g/mol. The quantitative estimate of drug-likeness (QED) is 0.685. The summed E-state index contributed by atoms with van der Waals surface area (Å²) in [6.45, 7) is 1.10. The summed E-state index contributed by atoms with van der Waals surface area (Å²) >= 11 is 3.31. The number of nitrogens with zero attached hydrogens (tertiary/aromatic N) is 2. The Labute approximate surface area is 154 Å². The Morgan fingerprint density at radius 3 is 2.68 bits per heavy atom. The molecule has 1 N–H and O–H groups in total. The molecule has 0 amide bonds. The maximum atomic E-state index is 11.9. The zero-order valence-electron chi connectivity index (χ0n) is 13.8. The van der Waals surface area contributed by atoms with E-state index in [1.54, 1.807) is 13.2 Å². The fourth-order valence-corrected chi connectivity index (χ4v) is 2.84. The molecular weight excluding hydrogens is 382 g/mol. The Bertz CT molecular complexity index is 910. The largest absolute Gasteiger partial charge is 0.489 e. The van der Waals surface area contributed by atoms with Crippen LogP contribution in [-0.2, 0) is 20.2 Å². The van der Waals surface area contributed by atoms with Crippen LogP contribution >= 0.6 is 15.9 Å². The van der Waals surface area contributed by atoms with E-state index in [-0.39, 0.29) is 5.56 Å². The predicted octanol–water partition coefficient (Wildman–Crippen LogP) is 3.73. The van der Waals surface area contributed by atoms with Crippen molar-refractivity contribution in [2.24, 2.45) is 7.05 Å². The van der Waals surface area contributed by atoms with Crippen LogP contribution in [0, 0.1) is 0 Å². The summed E-state index contributed by atoms with van der Waals surface area (Å²) < 4.78 is 7.54. The molecule has 0 saturated carbocycles. The van der Waals surface area contributed by atoms with Gasteiger partial charge in [0.2, 0.25) is 0 Å². The molecule has 0 spiro atoms. The number of hydrogen-bond acceptors (Lipinski definition) is 4. The van der Waals surface area contributed by atoms with Crippen LogP contribution in [0.4, 0.5) is 5.69 Å². The molecule has 25 heavy (non-hydrogen) atoms. The van der Waals surface area contributed by atoms with Gasteiger partial charge in [0.05, 0.1) is 11.9 Å². The monoisotopic (exact) mass is 399 g/mol. The van der Waals surface area contributed by atoms with Gasteiger partial charge >= 0.3 is 0 Å². The SMILES string of the molecule is Cn1ncc(NCc2cccc(COc3ccccc3)c2)c(Br)c1=O. The van der Waals surface area contributed by atoms with Gasteiger partial charge in [-0.05, 0) is 39.2 Å². The van der Waals surface area contributed by atoms with Crippen molar-refractivity contribution in [1.29, 1.82) is 0 Å². The van der Waals surface area contributed by atoms with E-state index in [0.29, 0.717) is 23.3 Å². The lowest BCUT2D eigenvalue weighted by Crippen LogP contribution is -2.21. The van der Waals surface area contributed by atoms with E-state index < -0.39 is 0 Å². The number of ether oxygens (including phenoxy) is 1. The number of anilines is 1. The molecule has 3 rings (SSSR count). The summed E-state index contributed by atoms with van der Waals surface area (Å²) in [5, 5.41) is 7.26. The van der Waals surface area contributed by atoms with E-state index in [4.69, 9.17) is 4.74 Å². The van der Waals surface area contributed by atoms with Crippen LogP contribution in [0.1, 0.15) is 11.1 Å². The molecule has 6 heteroatoms. The molecular formula is C19H18BrN3O2. The summed E-state index contributed by atoms with van der Waals surface area (Å²) in [7, 11) is 1.62. The van der Waals surface area contributed by atoms with Crippen LogP contribution in [-0.4, -0.2) is 9.78 Å². The molecule has 0 radical (unpaired) electrons. The van der Waals surface area contributed by atoms with Crippen LogP contribution in [0.3, 0.4) is 0 Å². The van der Waals surface area contributed by atoms with E-state index in [0.717, 1.165) is 16.9 Å². The molecule has 0 saturated heterocycles. The second-order valence-corrected chi connectivity index (χ2v) is 6.37. The number of nitrogens with one attached hydrogen (secondary N) is 1. The molecule has 3 aromatic rings. The highest BCUT2D eigenvalue weighted by molar-refractivity contribution is 9.10. The first-order valence-corrected chi connectivity index (χ1v) is 8.64. The number of para-hydroxylation sites is 1. The van der Waals surface area contributed by atoms with Crippen LogP contribution in [0.5, 0.6) is 5.75 Å². The summed E-state index contributed by atoms with van der Waals surface area (Å²) in [5.74, 6) is 0.848. The van der Waals surface area contributed by atoms with Crippen molar-refractivity contribution in [2.75, 3.05) is 5.32 Å². The van der Waals surface area contributed by atoms with Gasteiger partial charge in [-0.1, -0.05) is 42.5 Å². The Morgan fingerprint density at radius 2 is 1.88 bits per heavy atom. The average Bonchev–Trinajstić information content (AvgIpc) is 2.65. The van der Waals surface area contributed by atoms with Gasteiger partial charge in [0.1, 0.15) is 16.8 Å². The summed E-state index contributed by atoms with van der Waals surface area (Å²) in [4.78, 5) is 11.9. The topological polar surface area (TPSA) is 56.1 Å². The number of halogens is 1. The van der Waals surface area contributed by atoms with Gasteiger partial charge in [0.25, 0.3) is 5.56 Å². The molecule has 0 fully saturated rings. The molecule has 0 bridgehead atoms. The third-order valence-corrected chi connectivity index (χ3v) is 4.47. The number of aryl methyl sites for hydroxylation is 1. The highest BCUT2D eigenvalue weighted by atomic mass is 79.9. The van der Waals surface area contributed by atoms with Crippen LogP contribution < -0.4 is 15.6 Å². The van der Waals surface area contributed by atoms with E-state index in [2.05, 4.69) is 32.4 Å². The van der Waals surface area contributed by atoms with Gasteiger partial charge in [0.15, 0.2) is 0 Å². The minimum atomic E-state index is -0.171. The minimum absolute atomic E-state index is 0.171. The molecule has 1 heterocycles. The van der Waals surface area contributed by atoms with Crippen molar-refractivity contribution >= 4 is 21.6 Å². The molecule has 128 valence electrons. The molecule has 0 aliphatic heterocycles. The Morgan fingerprint density at radius 1 is 1.12 bits per heavy atom. The van der Waals surface area contributed by atoms with E-state index in [1.807, 2.05) is 48.5 Å². The third-order valence-electron chi connectivity index (χ3n) is 3.70. The molecule has 5 nitrogen and oxygen atoms in total. The van der Waals surface area contributed by atoms with Crippen LogP contribution in [0.15, 0.2) is 70.1 Å². The molecule has 0 aliphatic rings. The molecule has 0 atom stereocenters. The standard InChI is InChI=1S/C19H18BrN3O2/c1-23-19(24)18(20)17(12-22-23)21-11-14-6-5-7-15(10-14)13-25-16-8-3-2-4-9-16/h2-10,12,21H,11,13H2,1H3. The van der Waals surface area contributed by atoms with Gasteiger partial charge in [-0.25, -0.2) is 4.68 Å². The van der Waals surface area contributed by atoms with Gasteiger partial charge in [-0.2, -0.15) is 5.10 Å². The summed E-state index contributed by atoms with van der Waals surface area (Å²) in [6, 6.07) is 17.9. The fraction of sp³-hybridized carbons (Fsp3) is 0.158. The lowest BCUT2D eigenvalue weighted by Gasteiger charge is -2.10. The number of benzene rings is 2. The Hall–Kier alpha value is -2.60. The zero-order chi connectivity index (χ0) is 17.6. The number of rotatable bonds is 6. The third kappa shape index (κ3) is 4.48. The lowest BCUT2D eigenvalue weighted by molar-refractivity contribution is 0.306. The highest BCUT2D eigenvalue weighted by Crippen LogP contribution is 2.18. The van der Waals surface area contributed by atoms with E-state index in [1.165, 1.54) is 4.68 Å². The van der Waals surface area contributed by atoms with Gasteiger partial charge in [-0.15, -0.1) is 0 Å². The Kier molecular flexibility index (Phi) is 5.50. The predicted molar refractivity (Wildman–Crippen MR) is 102 cm³/mol. The number of hydrogen-bond donors (Lipinski definition) is 1. The first-order chi connectivity index (χ1) is 12.1. The van der Waals surface area contributed by atoms with E-state index >= 15 is 0 Å². The minimum Gasteiger partial charge on any atom is -0.489 e. The first-order valence-electron chi connectivity index (χ1n) is 7.85. The van der Waals surface area contributed by atoms with Crippen molar-refractivity contribution in [1.82, 2.24) is 9.78 Å². The smallest absolute Gasteiger partial charge is 0.282 e.